The van der Waals surface area contributed by atoms with Gasteiger partial charge in [0.05, 0.1) is 22.0 Å². The minimum atomic E-state index is -0.747. The summed E-state index contributed by atoms with van der Waals surface area (Å²) in [6, 6.07) is 9.48. The van der Waals surface area contributed by atoms with Gasteiger partial charge in [0.25, 0.3) is 5.91 Å². The molecule has 2 aliphatic rings. The zero-order valence-corrected chi connectivity index (χ0v) is 22.4. The highest BCUT2D eigenvalue weighted by Crippen LogP contribution is 2.49. The first kappa shape index (κ1) is 25.4. The number of rotatable bonds is 6. The quantitative estimate of drug-likeness (QED) is 0.385. The van der Waals surface area contributed by atoms with Gasteiger partial charge >= 0.3 is 0 Å². The average Bonchev–Trinajstić information content (AvgIpc) is 3.22. The number of benzene rings is 1. The standard InChI is InChI=1S/C28H27ClFN7O2/c1-15-18(14-37(35-15)27-32-9-4-10-33-27)26(38)36-12-19-20(13-36)25(19)39-22-11-21(28(2,3)31)23(29)24(34-22)16-5-7-17(30)8-6-16/h4-11,14,19-20,25H,12-13,31H2,1-3H3/t19-,20+,25?. The average molecular weight is 548 g/mol. The molecule has 6 rings (SSSR count). The molecule has 0 bridgehead atoms. The number of carbonyl (C=O) groups excluding carboxylic acids is 1. The molecule has 11 heteroatoms. The lowest BCUT2D eigenvalue weighted by atomic mass is 9.94. The van der Waals surface area contributed by atoms with Crippen LogP contribution in [-0.2, 0) is 5.54 Å². The maximum absolute atomic E-state index is 13.5. The van der Waals surface area contributed by atoms with Crippen LogP contribution < -0.4 is 10.5 Å². The molecule has 4 aromatic rings. The number of hydrogen-bond donors (Lipinski definition) is 1. The van der Waals surface area contributed by atoms with E-state index in [1.165, 1.54) is 16.8 Å². The van der Waals surface area contributed by atoms with Crippen LogP contribution >= 0.6 is 11.6 Å². The Hall–Kier alpha value is -3.89. The highest BCUT2D eigenvalue weighted by Gasteiger charge is 2.59. The van der Waals surface area contributed by atoms with Crippen molar-refractivity contribution in [2.24, 2.45) is 17.6 Å². The number of aromatic nitrogens is 5. The molecule has 1 unspecified atom stereocenters. The Morgan fingerprint density at radius 3 is 2.46 bits per heavy atom. The number of pyridine rings is 1. The fourth-order valence-electron chi connectivity index (χ4n) is 5.14. The molecule has 1 saturated carbocycles. The summed E-state index contributed by atoms with van der Waals surface area (Å²) < 4.78 is 21.4. The Morgan fingerprint density at radius 2 is 1.82 bits per heavy atom. The normalized spacial score (nSPS) is 20.2. The van der Waals surface area contributed by atoms with Crippen LogP contribution in [0.5, 0.6) is 5.88 Å². The molecule has 1 aliphatic carbocycles. The number of hydrogen-bond acceptors (Lipinski definition) is 7. The lowest BCUT2D eigenvalue weighted by molar-refractivity contribution is 0.0751. The zero-order valence-electron chi connectivity index (χ0n) is 21.7. The maximum Gasteiger partial charge on any atom is 0.257 e. The van der Waals surface area contributed by atoms with Gasteiger partial charge in [-0.1, -0.05) is 11.6 Å². The SMILES string of the molecule is Cc1nn(-c2ncccn2)cc1C(=O)N1C[C@@H]2C(Oc3cc(C(C)(C)N)c(Cl)c(-c4ccc(F)cc4)n3)[C@@H]2C1. The number of ether oxygens (including phenoxy) is 1. The molecular formula is C28H27ClFN7O2. The summed E-state index contributed by atoms with van der Waals surface area (Å²) in [5, 5.41) is 4.83. The van der Waals surface area contributed by atoms with Crippen LogP contribution in [-0.4, -0.2) is 54.7 Å². The molecule has 0 radical (unpaired) electrons. The van der Waals surface area contributed by atoms with Gasteiger partial charge in [0.15, 0.2) is 0 Å². The number of fused-ring (bicyclic) bond motifs is 1. The van der Waals surface area contributed by atoms with Crippen molar-refractivity contribution in [1.29, 1.82) is 0 Å². The van der Waals surface area contributed by atoms with Crippen LogP contribution in [0.15, 0.2) is 55.0 Å². The molecule has 1 aromatic carbocycles. The van der Waals surface area contributed by atoms with Gasteiger partial charge in [-0.2, -0.15) is 5.10 Å². The van der Waals surface area contributed by atoms with E-state index in [1.54, 1.807) is 49.8 Å². The Morgan fingerprint density at radius 1 is 1.15 bits per heavy atom. The zero-order chi connectivity index (χ0) is 27.5. The van der Waals surface area contributed by atoms with Crippen LogP contribution in [0.2, 0.25) is 5.02 Å². The van der Waals surface area contributed by atoms with Gasteiger partial charge in [0.2, 0.25) is 11.8 Å². The number of nitrogens with zero attached hydrogens (tertiary/aromatic N) is 6. The number of amides is 1. The molecule has 1 amide bonds. The van der Waals surface area contributed by atoms with Crippen molar-refractivity contribution in [1.82, 2.24) is 29.6 Å². The second-order valence-corrected chi connectivity index (χ2v) is 11.0. The fourth-order valence-corrected chi connectivity index (χ4v) is 5.59. The van der Waals surface area contributed by atoms with Gasteiger partial charge in [-0.15, -0.1) is 0 Å². The predicted molar refractivity (Wildman–Crippen MR) is 143 cm³/mol. The summed E-state index contributed by atoms with van der Waals surface area (Å²) in [5.41, 5.74) is 8.65. The molecule has 0 spiro atoms. The highest BCUT2D eigenvalue weighted by molar-refractivity contribution is 6.34. The van der Waals surface area contributed by atoms with Crippen molar-refractivity contribution in [3.63, 3.8) is 0 Å². The van der Waals surface area contributed by atoms with Gasteiger partial charge in [-0.3, -0.25) is 4.79 Å². The van der Waals surface area contributed by atoms with Gasteiger partial charge < -0.3 is 15.4 Å². The summed E-state index contributed by atoms with van der Waals surface area (Å²) in [6.07, 6.45) is 4.87. The summed E-state index contributed by atoms with van der Waals surface area (Å²) in [4.78, 5) is 28.2. The van der Waals surface area contributed by atoms with Crippen molar-refractivity contribution < 1.29 is 13.9 Å². The number of nitrogens with two attached hydrogens (primary N) is 1. The van der Waals surface area contributed by atoms with Gasteiger partial charge in [-0.05, 0) is 56.7 Å². The molecule has 3 aromatic heterocycles. The van der Waals surface area contributed by atoms with Crippen LogP contribution in [0, 0.1) is 24.6 Å². The van der Waals surface area contributed by atoms with E-state index < -0.39 is 5.54 Å². The van der Waals surface area contributed by atoms with Gasteiger partial charge in [-0.25, -0.2) is 24.0 Å². The number of carbonyl (C=O) groups is 1. The van der Waals surface area contributed by atoms with Crippen molar-refractivity contribution in [3.05, 3.63) is 82.6 Å². The van der Waals surface area contributed by atoms with Crippen molar-refractivity contribution in [2.45, 2.75) is 32.4 Å². The van der Waals surface area contributed by atoms with Crippen molar-refractivity contribution in [3.8, 4) is 23.1 Å². The van der Waals surface area contributed by atoms with Crippen molar-refractivity contribution >= 4 is 17.5 Å². The Balaban J connectivity index is 1.18. The van der Waals surface area contributed by atoms with E-state index in [0.717, 1.165) is 0 Å². The molecule has 9 nitrogen and oxygen atoms in total. The molecule has 200 valence electrons. The highest BCUT2D eigenvalue weighted by atomic mass is 35.5. The third-order valence-electron chi connectivity index (χ3n) is 7.29. The third-order valence-corrected chi connectivity index (χ3v) is 7.67. The lowest BCUT2D eigenvalue weighted by Gasteiger charge is -2.24. The Kier molecular flexibility index (Phi) is 6.11. The minimum Gasteiger partial charge on any atom is -0.474 e. The molecule has 39 heavy (non-hydrogen) atoms. The first-order valence-electron chi connectivity index (χ1n) is 12.7. The predicted octanol–water partition coefficient (Wildman–Crippen LogP) is 4.17. The van der Waals surface area contributed by atoms with Crippen LogP contribution in [0.25, 0.3) is 17.2 Å². The van der Waals surface area contributed by atoms with Crippen molar-refractivity contribution in [2.75, 3.05) is 13.1 Å². The second kappa shape index (κ2) is 9.39. The topological polar surface area (TPSA) is 112 Å². The van der Waals surface area contributed by atoms with E-state index in [2.05, 4.69) is 20.1 Å². The molecule has 4 heterocycles. The molecule has 3 atom stereocenters. The Labute approximate surface area is 229 Å². The Bertz CT molecular complexity index is 1540. The van der Waals surface area contributed by atoms with E-state index in [4.69, 9.17) is 22.1 Å². The monoisotopic (exact) mass is 547 g/mol. The summed E-state index contributed by atoms with van der Waals surface area (Å²) in [6.45, 7) is 6.67. The fraction of sp³-hybridized carbons (Fsp3) is 0.321. The molecule has 1 saturated heterocycles. The third kappa shape index (κ3) is 4.74. The molecule has 2 N–H and O–H groups in total. The van der Waals surface area contributed by atoms with E-state index in [-0.39, 0.29) is 29.7 Å². The first-order chi connectivity index (χ1) is 18.6. The summed E-state index contributed by atoms with van der Waals surface area (Å²) in [5.74, 6) is 0.793. The number of likely N-dealkylation sites (tertiary alicyclic amines) is 1. The van der Waals surface area contributed by atoms with Crippen LogP contribution in [0.1, 0.15) is 35.5 Å². The van der Waals surface area contributed by atoms with Gasteiger partial charge in [0, 0.05) is 60.7 Å². The minimum absolute atomic E-state index is 0.0703. The molecule has 2 fully saturated rings. The van der Waals surface area contributed by atoms with E-state index in [1.807, 2.05) is 18.7 Å². The summed E-state index contributed by atoms with van der Waals surface area (Å²) in [7, 11) is 0. The molecular weight excluding hydrogens is 521 g/mol. The van der Waals surface area contributed by atoms with Gasteiger partial charge in [0.1, 0.15) is 11.9 Å². The smallest absolute Gasteiger partial charge is 0.257 e. The number of halogens is 2. The second-order valence-electron chi connectivity index (χ2n) is 10.6. The van der Waals surface area contributed by atoms with Crippen LogP contribution in [0.4, 0.5) is 4.39 Å². The maximum atomic E-state index is 13.5. The number of aryl methyl sites for hydroxylation is 1. The van der Waals surface area contributed by atoms with Crippen LogP contribution in [0.3, 0.4) is 0 Å². The lowest BCUT2D eigenvalue weighted by Crippen LogP contribution is -2.33. The van der Waals surface area contributed by atoms with E-state index >= 15 is 0 Å². The first-order valence-corrected chi connectivity index (χ1v) is 13.0. The molecule has 1 aliphatic heterocycles. The summed E-state index contributed by atoms with van der Waals surface area (Å²) >= 11 is 6.70. The van der Waals surface area contributed by atoms with E-state index in [0.29, 0.717) is 58.0 Å². The largest absolute Gasteiger partial charge is 0.474 e. The van der Waals surface area contributed by atoms with E-state index in [9.17, 15) is 9.18 Å². The number of piperidine rings is 1.